The van der Waals surface area contributed by atoms with Crippen molar-refractivity contribution in [3.63, 3.8) is 0 Å². The fourth-order valence-electron chi connectivity index (χ4n) is 5.64. The molecule has 0 bridgehead atoms. The van der Waals surface area contributed by atoms with Gasteiger partial charge in [0, 0.05) is 55.2 Å². The molecule has 0 radical (unpaired) electrons. The van der Waals surface area contributed by atoms with Crippen molar-refractivity contribution in [3.05, 3.63) is 53.3 Å². The van der Waals surface area contributed by atoms with Crippen molar-refractivity contribution in [2.75, 3.05) is 39.2 Å². The highest BCUT2D eigenvalue weighted by Gasteiger charge is 2.26. The van der Waals surface area contributed by atoms with Gasteiger partial charge in [-0.05, 0) is 57.4 Å². The Bertz CT molecular complexity index is 1520. The summed E-state index contributed by atoms with van der Waals surface area (Å²) in [5.74, 6) is 5.73. The largest absolute Gasteiger partial charge is 0.497 e. The summed E-state index contributed by atoms with van der Waals surface area (Å²) in [6, 6.07) is 11.7. The van der Waals surface area contributed by atoms with E-state index >= 15 is 0 Å². The highest BCUT2D eigenvalue weighted by atomic mass is 35.5. The van der Waals surface area contributed by atoms with Crippen LogP contribution in [0.25, 0.3) is 11.0 Å². The van der Waals surface area contributed by atoms with Gasteiger partial charge in [-0.15, -0.1) is 21.8 Å². The molecule has 0 N–H and O–H groups in total. The summed E-state index contributed by atoms with van der Waals surface area (Å²) < 4.78 is 31.2. The molecule has 0 aliphatic carbocycles. The lowest BCUT2D eigenvalue weighted by atomic mass is 10.1. The second-order valence-corrected chi connectivity index (χ2v) is 12.2. The molecular formula is C36H50ClN5O5. The van der Waals surface area contributed by atoms with E-state index in [-0.39, 0.29) is 6.10 Å². The monoisotopic (exact) mass is 667 g/mol. The van der Waals surface area contributed by atoms with E-state index in [1.165, 1.54) is 0 Å². The molecule has 0 unspecified atom stereocenters. The predicted octanol–water partition coefficient (Wildman–Crippen LogP) is 8.00. The van der Waals surface area contributed by atoms with Gasteiger partial charge < -0.3 is 33.2 Å². The molecule has 2 heterocycles. The van der Waals surface area contributed by atoms with Crippen LogP contribution in [0.1, 0.15) is 76.2 Å². The Hall–Kier alpha value is -3.92. The second kappa shape index (κ2) is 17.8. The third kappa shape index (κ3) is 9.12. The topological polar surface area (TPSA) is 93.0 Å². The Balaban J connectivity index is 1.90. The van der Waals surface area contributed by atoms with Crippen molar-refractivity contribution in [1.82, 2.24) is 19.7 Å². The Morgan fingerprint density at radius 3 is 1.94 bits per heavy atom. The number of aromatic nitrogens is 4. The van der Waals surface area contributed by atoms with Gasteiger partial charge in [0.15, 0.2) is 5.82 Å². The predicted molar refractivity (Wildman–Crippen MR) is 188 cm³/mol. The van der Waals surface area contributed by atoms with Crippen molar-refractivity contribution in [2.45, 2.75) is 91.5 Å². The van der Waals surface area contributed by atoms with Gasteiger partial charge in [-0.3, -0.25) is 0 Å². The number of ether oxygens (including phenoxy) is 5. The summed E-state index contributed by atoms with van der Waals surface area (Å²) in [4.78, 5) is 7.46. The van der Waals surface area contributed by atoms with E-state index in [0.717, 1.165) is 91.0 Å². The summed E-state index contributed by atoms with van der Waals surface area (Å²) >= 11 is 5.96. The van der Waals surface area contributed by atoms with Crippen LogP contribution in [0.5, 0.6) is 28.9 Å². The first-order valence-electron chi connectivity index (χ1n) is 16.5. The molecule has 2 aromatic carbocycles. The summed E-state index contributed by atoms with van der Waals surface area (Å²) in [7, 11) is 6.63. The van der Waals surface area contributed by atoms with E-state index < -0.39 is 0 Å². The number of hydrogen-bond acceptors (Lipinski definition) is 9. The molecule has 4 aromatic rings. The SMILES string of the molecule is CCCCc1nc2c(N(Cc3ccc(OC)cc3OC)Cc3ccc(OC)cc3OC)nnc(OC(C)C)c2n1CCCCCCCl. The van der Waals surface area contributed by atoms with Gasteiger partial charge in [0.2, 0.25) is 0 Å². The maximum Gasteiger partial charge on any atom is 0.260 e. The Morgan fingerprint density at radius 2 is 1.40 bits per heavy atom. The maximum atomic E-state index is 6.29. The third-order valence-corrected chi connectivity index (χ3v) is 8.34. The molecule has 47 heavy (non-hydrogen) atoms. The molecule has 0 atom stereocenters. The van der Waals surface area contributed by atoms with Crippen LogP contribution >= 0.6 is 11.6 Å². The number of aryl methyl sites for hydroxylation is 2. The number of fused-ring (bicyclic) bond motifs is 1. The number of benzene rings is 2. The lowest BCUT2D eigenvalue weighted by molar-refractivity contribution is 0.232. The zero-order valence-electron chi connectivity index (χ0n) is 29.0. The zero-order chi connectivity index (χ0) is 33.8. The van der Waals surface area contributed by atoms with Crippen LogP contribution in [-0.4, -0.2) is 60.2 Å². The Kier molecular flexibility index (Phi) is 13.6. The molecule has 11 heteroatoms. The van der Waals surface area contributed by atoms with Crippen molar-refractivity contribution in [1.29, 1.82) is 0 Å². The molecular weight excluding hydrogens is 618 g/mol. The van der Waals surface area contributed by atoms with Gasteiger partial charge in [0.1, 0.15) is 39.9 Å². The minimum Gasteiger partial charge on any atom is -0.497 e. The fraction of sp³-hybridized carbons (Fsp3) is 0.528. The van der Waals surface area contributed by atoms with Crippen molar-refractivity contribution < 1.29 is 23.7 Å². The van der Waals surface area contributed by atoms with Gasteiger partial charge >= 0.3 is 0 Å². The first-order chi connectivity index (χ1) is 22.9. The normalized spacial score (nSPS) is 11.3. The highest BCUT2D eigenvalue weighted by molar-refractivity contribution is 6.17. The number of rotatable bonds is 20. The molecule has 0 saturated heterocycles. The van der Waals surface area contributed by atoms with E-state index in [4.69, 9.17) is 50.5 Å². The average Bonchev–Trinajstić information content (AvgIpc) is 3.45. The van der Waals surface area contributed by atoms with Crippen molar-refractivity contribution in [3.8, 4) is 28.9 Å². The number of imidazole rings is 1. The molecule has 2 aromatic heterocycles. The number of nitrogens with zero attached hydrogens (tertiary/aromatic N) is 5. The minimum atomic E-state index is -0.0762. The van der Waals surface area contributed by atoms with E-state index in [9.17, 15) is 0 Å². The Labute approximate surface area is 284 Å². The lowest BCUT2D eigenvalue weighted by Crippen LogP contribution is -2.25. The van der Waals surface area contributed by atoms with Crippen molar-refractivity contribution >= 4 is 28.5 Å². The molecule has 0 amide bonds. The molecule has 4 rings (SSSR count). The van der Waals surface area contributed by atoms with Crippen molar-refractivity contribution in [2.24, 2.45) is 0 Å². The second-order valence-electron chi connectivity index (χ2n) is 11.8. The van der Waals surface area contributed by atoms with Gasteiger partial charge in [-0.1, -0.05) is 26.2 Å². The minimum absolute atomic E-state index is 0.0762. The van der Waals surface area contributed by atoms with Crippen LogP contribution in [0.15, 0.2) is 36.4 Å². The van der Waals surface area contributed by atoms with Crippen LogP contribution in [-0.2, 0) is 26.1 Å². The van der Waals surface area contributed by atoms with Crippen LogP contribution in [0, 0.1) is 0 Å². The third-order valence-electron chi connectivity index (χ3n) is 8.07. The summed E-state index contributed by atoms with van der Waals surface area (Å²) in [5, 5.41) is 9.52. The van der Waals surface area contributed by atoms with E-state index in [2.05, 4.69) is 16.4 Å². The number of hydrogen-bond donors (Lipinski definition) is 0. The number of methoxy groups -OCH3 is 4. The van der Waals surface area contributed by atoms with E-state index in [1.54, 1.807) is 28.4 Å². The molecule has 0 aliphatic rings. The first-order valence-corrected chi connectivity index (χ1v) is 17.1. The van der Waals surface area contributed by atoms with Gasteiger partial charge in [0.05, 0.1) is 34.5 Å². The number of unbranched alkanes of at least 4 members (excludes halogenated alkanes) is 4. The average molecular weight is 668 g/mol. The molecule has 10 nitrogen and oxygen atoms in total. The number of anilines is 1. The molecule has 0 aliphatic heterocycles. The van der Waals surface area contributed by atoms with Crippen LogP contribution in [0.4, 0.5) is 5.82 Å². The van der Waals surface area contributed by atoms with Crippen LogP contribution in [0.3, 0.4) is 0 Å². The number of halogens is 1. The van der Waals surface area contributed by atoms with Gasteiger partial charge in [-0.25, -0.2) is 4.98 Å². The quantitative estimate of drug-likeness (QED) is 0.0686. The number of alkyl halides is 1. The Morgan fingerprint density at radius 1 is 0.787 bits per heavy atom. The van der Waals surface area contributed by atoms with Crippen LogP contribution < -0.4 is 28.6 Å². The van der Waals surface area contributed by atoms with Crippen LogP contribution in [0.2, 0.25) is 0 Å². The molecule has 0 saturated carbocycles. The zero-order valence-corrected chi connectivity index (χ0v) is 29.7. The molecule has 256 valence electrons. The highest BCUT2D eigenvalue weighted by Crippen LogP contribution is 2.36. The summed E-state index contributed by atoms with van der Waals surface area (Å²) in [6.07, 6.45) is 7.09. The first kappa shape index (κ1) is 35.9. The maximum absolute atomic E-state index is 6.29. The van der Waals surface area contributed by atoms with E-state index in [0.29, 0.717) is 42.2 Å². The van der Waals surface area contributed by atoms with Gasteiger partial charge in [0.25, 0.3) is 5.88 Å². The smallest absolute Gasteiger partial charge is 0.260 e. The molecule has 0 spiro atoms. The molecule has 0 fully saturated rings. The lowest BCUT2D eigenvalue weighted by Gasteiger charge is -2.26. The fourth-order valence-corrected chi connectivity index (χ4v) is 5.83. The summed E-state index contributed by atoms with van der Waals surface area (Å²) in [6.45, 7) is 7.95. The standard InChI is InChI=1S/C36H50ClN5O5/c1-8-9-14-32-38-33-34(42(32)20-13-11-10-12-19-37)36(47-25(2)3)40-39-35(33)41(23-26-15-17-28(43-4)21-30(26)45-6)24-27-16-18-29(44-5)22-31(27)46-7/h15-18,21-22,25H,8-14,19-20,23-24H2,1-7H3. The summed E-state index contributed by atoms with van der Waals surface area (Å²) in [5.41, 5.74) is 3.56. The van der Waals surface area contributed by atoms with Gasteiger partial charge in [-0.2, -0.15) is 0 Å². The van der Waals surface area contributed by atoms with E-state index in [1.807, 2.05) is 50.2 Å².